The van der Waals surface area contributed by atoms with E-state index in [1.807, 2.05) is 20.8 Å². The van der Waals surface area contributed by atoms with Crippen LogP contribution in [-0.2, 0) is 23.7 Å². The minimum Gasteiger partial charge on any atom is -0.466 e. The first-order valence-corrected chi connectivity index (χ1v) is 5.77. The molecule has 0 aromatic heterocycles. The summed E-state index contributed by atoms with van der Waals surface area (Å²) in [4.78, 5) is 11.3. The highest BCUT2D eigenvalue weighted by Crippen LogP contribution is 2.41. The minimum absolute atomic E-state index is 0.139. The van der Waals surface area contributed by atoms with E-state index in [1.165, 1.54) is 13.2 Å². The zero-order chi connectivity index (χ0) is 12.6. The average Bonchev–Trinajstić information content (AvgIpc) is 2.72. The molecule has 2 heterocycles. The quantitative estimate of drug-likeness (QED) is 0.540. The summed E-state index contributed by atoms with van der Waals surface area (Å²) in [7, 11) is 1.35. The van der Waals surface area contributed by atoms with Gasteiger partial charge in [0.05, 0.1) is 13.2 Å². The highest BCUT2D eigenvalue weighted by atomic mass is 16.8. The molecular weight excluding hydrogens is 224 g/mol. The van der Waals surface area contributed by atoms with E-state index in [9.17, 15) is 4.79 Å². The van der Waals surface area contributed by atoms with Crippen LogP contribution in [0.15, 0.2) is 11.6 Å². The SMILES string of the molecule is CC[C@H]1O[C@@H]2OC(C)(C)OC2/C1=C\C(=O)OC. The minimum atomic E-state index is -0.677. The van der Waals surface area contributed by atoms with E-state index >= 15 is 0 Å². The van der Waals surface area contributed by atoms with Crippen molar-refractivity contribution in [2.45, 2.75) is 51.5 Å². The summed E-state index contributed by atoms with van der Waals surface area (Å²) in [6.45, 7) is 5.64. The molecule has 0 N–H and O–H groups in total. The van der Waals surface area contributed by atoms with Crippen molar-refractivity contribution in [1.29, 1.82) is 0 Å². The van der Waals surface area contributed by atoms with Gasteiger partial charge in [-0.25, -0.2) is 4.79 Å². The molecule has 2 rings (SSSR count). The lowest BCUT2D eigenvalue weighted by Crippen LogP contribution is -2.25. The fourth-order valence-electron chi connectivity index (χ4n) is 2.18. The molecular formula is C12H18O5. The largest absolute Gasteiger partial charge is 0.466 e. The Kier molecular flexibility index (Phi) is 3.25. The summed E-state index contributed by atoms with van der Waals surface area (Å²) in [6, 6.07) is 0. The molecule has 0 aliphatic carbocycles. The van der Waals surface area contributed by atoms with Crippen molar-refractivity contribution < 1.29 is 23.7 Å². The van der Waals surface area contributed by atoms with Gasteiger partial charge in [0.1, 0.15) is 6.10 Å². The smallest absolute Gasteiger partial charge is 0.330 e. The summed E-state index contributed by atoms with van der Waals surface area (Å²) in [5.41, 5.74) is 0.801. The Morgan fingerprint density at radius 2 is 2.18 bits per heavy atom. The van der Waals surface area contributed by atoms with Gasteiger partial charge in [-0.1, -0.05) is 6.92 Å². The van der Waals surface area contributed by atoms with Crippen molar-refractivity contribution in [3.8, 4) is 0 Å². The number of hydrogen-bond acceptors (Lipinski definition) is 5. The number of fused-ring (bicyclic) bond motifs is 1. The third kappa shape index (κ3) is 2.36. The van der Waals surface area contributed by atoms with Gasteiger partial charge < -0.3 is 18.9 Å². The van der Waals surface area contributed by atoms with E-state index in [0.717, 1.165) is 12.0 Å². The molecule has 3 atom stereocenters. The highest BCUT2D eigenvalue weighted by molar-refractivity contribution is 5.83. The molecule has 2 saturated heterocycles. The van der Waals surface area contributed by atoms with E-state index in [1.54, 1.807) is 0 Å². The van der Waals surface area contributed by atoms with Gasteiger partial charge in [0, 0.05) is 6.08 Å². The van der Waals surface area contributed by atoms with Gasteiger partial charge >= 0.3 is 5.97 Å². The molecule has 5 heteroatoms. The molecule has 0 bridgehead atoms. The van der Waals surface area contributed by atoms with Crippen molar-refractivity contribution in [2.24, 2.45) is 0 Å². The zero-order valence-corrected chi connectivity index (χ0v) is 10.6. The first-order chi connectivity index (χ1) is 7.96. The normalized spacial score (nSPS) is 37.2. The average molecular weight is 242 g/mol. The molecule has 17 heavy (non-hydrogen) atoms. The first-order valence-electron chi connectivity index (χ1n) is 5.77. The summed E-state index contributed by atoms with van der Waals surface area (Å²) in [5.74, 6) is -1.07. The van der Waals surface area contributed by atoms with Crippen molar-refractivity contribution in [3.05, 3.63) is 11.6 Å². The second kappa shape index (κ2) is 4.40. The van der Waals surface area contributed by atoms with Gasteiger partial charge in [0.15, 0.2) is 12.1 Å². The van der Waals surface area contributed by atoms with Crippen molar-refractivity contribution in [3.63, 3.8) is 0 Å². The fraction of sp³-hybridized carbons (Fsp3) is 0.750. The number of methoxy groups -OCH3 is 1. The standard InChI is InChI=1S/C12H18O5/c1-5-8-7(6-9(13)14-4)10-11(15-8)17-12(2,3)16-10/h6,8,10-11H,5H2,1-4H3/b7-6-/t8-,10?,11-/m1/s1. The lowest BCUT2D eigenvalue weighted by molar-refractivity contribution is -0.200. The van der Waals surface area contributed by atoms with Crippen LogP contribution in [0.4, 0.5) is 0 Å². The zero-order valence-electron chi connectivity index (χ0n) is 10.6. The number of rotatable bonds is 2. The van der Waals surface area contributed by atoms with Gasteiger partial charge in [-0.3, -0.25) is 0 Å². The molecule has 0 saturated carbocycles. The number of ether oxygens (including phenoxy) is 4. The van der Waals surface area contributed by atoms with Crippen LogP contribution < -0.4 is 0 Å². The molecule has 2 aliphatic heterocycles. The second-order valence-corrected chi connectivity index (χ2v) is 4.62. The summed E-state index contributed by atoms with van der Waals surface area (Å²) in [6.07, 6.45) is 1.34. The van der Waals surface area contributed by atoms with Gasteiger partial charge in [0.25, 0.3) is 0 Å². The Labute approximate surface area is 101 Å². The van der Waals surface area contributed by atoms with E-state index in [2.05, 4.69) is 4.74 Å². The maximum Gasteiger partial charge on any atom is 0.330 e. The first kappa shape index (κ1) is 12.5. The molecule has 2 aliphatic rings. The Morgan fingerprint density at radius 1 is 1.47 bits per heavy atom. The van der Waals surface area contributed by atoms with Crippen LogP contribution in [0.5, 0.6) is 0 Å². The van der Waals surface area contributed by atoms with Crippen molar-refractivity contribution in [2.75, 3.05) is 7.11 Å². The van der Waals surface area contributed by atoms with Gasteiger partial charge in [-0.15, -0.1) is 0 Å². The monoisotopic (exact) mass is 242 g/mol. The summed E-state index contributed by atoms with van der Waals surface area (Å²) in [5, 5.41) is 0. The van der Waals surface area contributed by atoms with Crippen LogP contribution in [0.25, 0.3) is 0 Å². The third-order valence-electron chi connectivity index (χ3n) is 2.91. The topological polar surface area (TPSA) is 54.0 Å². The van der Waals surface area contributed by atoms with Crippen LogP contribution >= 0.6 is 0 Å². The van der Waals surface area contributed by atoms with E-state index in [0.29, 0.717) is 0 Å². The Bertz CT molecular complexity index is 347. The van der Waals surface area contributed by atoms with Crippen LogP contribution in [0.1, 0.15) is 27.2 Å². The maximum atomic E-state index is 11.3. The van der Waals surface area contributed by atoms with Gasteiger partial charge in [-0.2, -0.15) is 0 Å². The van der Waals surface area contributed by atoms with Crippen LogP contribution in [0.3, 0.4) is 0 Å². The molecule has 1 unspecified atom stereocenters. The molecule has 96 valence electrons. The fourth-order valence-corrected chi connectivity index (χ4v) is 2.18. The second-order valence-electron chi connectivity index (χ2n) is 4.62. The third-order valence-corrected chi connectivity index (χ3v) is 2.91. The molecule has 0 aromatic carbocycles. The summed E-state index contributed by atoms with van der Waals surface area (Å²) >= 11 is 0. The molecule has 0 aromatic rings. The Morgan fingerprint density at radius 3 is 2.76 bits per heavy atom. The lowest BCUT2D eigenvalue weighted by atomic mass is 10.0. The summed E-state index contributed by atoms with van der Waals surface area (Å²) < 4.78 is 21.7. The predicted molar refractivity (Wildman–Crippen MR) is 59.1 cm³/mol. The van der Waals surface area contributed by atoms with Crippen molar-refractivity contribution in [1.82, 2.24) is 0 Å². The predicted octanol–water partition coefficient (Wildman–Crippen LogP) is 1.37. The van der Waals surface area contributed by atoms with Crippen LogP contribution in [0.2, 0.25) is 0 Å². The molecule has 0 amide bonds. The number of carbonyl (C=O) groups is 1. The number of hydrogen-bond donors (Lipinski definition) is 0. The van der Waals surface area contributed by atoms with Gasteiger partial charge in [-0.05, 0) is 25.8 Å². The van der Waals surface area contributed by atoms with Crippen LogP contribution in [-0.4, -0.2) is 37.4 Å². The Hall–Kier alpha value is -0.910. The van der Waals surface area contributed by atoms with E-state index in [-0.39, 0.29) is 12.2 Å². The molecule has 2 fully saturated rings. The van der Waals surface area contributed by atoms with Gasteiger partial charge in [0.2, 0.25) is 0 Å². The molecule has 5 nitrogen and oxygen atoms in total. The number of carbonyl (C=O) groups excluding carboxylic acids is 1. The van der Waals surface area contributed by atoms with E-state index in [4.69, 9.17) is 14.2 Å². The highest BCUT2D eigenvalue weighted by Gasteiger charge is 2.51. The number of esters is 1. The van der Waals surface area contributed by atoms with Crippen molar-refractivity contribution >= 4 is 5.97 Å². The maximum absolute atomic E-state index is 11.3. The molecule has 0 spiro atoms. The van der Waals surface area contributed by atoms with E-state index < -0.39 is 18.0 Å². The molecule has 0 radical (unpaired) electrons. The Balaban J connectivity index is 2.22. The lowest BCUT2D eigenvalue weighted by Gasteiger charge is -2.21. The van der Waals surface area contributed by atoms with Crippen LogP contribution in [0, 0.1) is 0 Å².